The lowest BCUT2D eigenvalue weighted by atomic mass is 9.93. The zero-order valence-corrected chi connectivity index (χ0v) is 17.7. The van der Waals surface area contributed by atoms with Crippen molar-refractivity contribution < 1.29 is 15.0 Å². The zero-order valence-electron chi connectivity index (χ0n) is 17.0. The summed E-state index contributed by atoms with van der Waals surface area (Å²) in [4.78, 5) is 21.8. The topological polar surface area (TPSA) is 107 Å². The van der Waals surface area contributed by atoms with Gasteiger partial charge in [-0.25, -0.2) is 9.97 Å². The van der Waals surface area contributed by atoms with E-state index in [2.05, 4.69) is 20.6 Å². The van der Waals surface area contributed by atoms with Crippen LogP contribution in [0.25, 0.3) is 10.9 Å². The molecular weight excluding hydrogens is 416 g/mol. The monoisotopic (exact) mass is 440 g/mol. The zero-order chi connectivity index (χ0) is 21.8. The summed E-state index contributed by atoms with van der Waals surface area (Å²) in [7, 11) is 0. The van der Waals surface area contributed by atoms with Gasteiger partial charge in [0, 0.05) is 28.2 Å². The maximum Gasteiger partial charge on any atom is 0.251 e. The van der Waals surface area contributed by atoms with Gasteiger partial charge in [-0.1, -0.05) is 35.9 Å². The van der Waals surface area contributed by atoms with Crippen LogP contribution in [0.15, 0.2) is 48.7 Å². The molecule has 31 heavy (non-hydrogen) atoms. The number of aliphatic hydroxyl groups excluding tert-OH is 2. The number of halogens is 1. The van der Waals surface area contributed by atoms with Gasteiger partial charge >= 0.3 is 0 Å². The van der Waals surface area contributed by atoms with Crippen molar-refractivity contribution in [1.29, 1.82) is 0 Å². The highest BCUT2D eigenvalue weighted by molar-refractivity contribution is 6.31. The van der Waals surface area contributed by atoms with Gasteiger partial charge in [0.2, 0.25) is 5.95 Å². The molecule has 1 fully saturated rings. The van der Waals surface area contributed by atoms with Crippen molar-refractivity contribution in [3.05, 3.63) is 64.8 Å². The molecule has 1 saturated carbocycles. The Kier molecular flexibility index (Phi) is 6.65. The largest absolute Gasteiger partial charge is 0.394 e. The summed E-state index contributed by atoms with van der Waals surface area (Å²) < 4.78 is 0. The first-order valence-electron chi connectivity index (χ1n) is 10.4. The molecule has 1 unspecified atom stereocenters. The van der Waals surface area contributed by atoms with Gasteiger partial charge in [0.1, 0.15) is 0 Å². The van der Waals surface area contributed by atoms with Crippen LogP contribution in [-0.2, 0) is 0 Å². The van der Waals surface area contributed by atoms with Crippen LogP contribution in [-0.4, -0.2) is 44.8 Å². The Labute approximate surface area is 185 Å². The van der Waals surface area contributed by atoms with E-state index in [9.17, 15) is 15.0 Å². The van der Waals surface area contributed by atoms with Gasteiger partial charge in [-0.3, -0.25) is 4.79 Å². The Morgan fingerprint density at radius 2 is 1.94 bits per heavy atom. The number of nitrogens with zero attached hydrogens (tertiary/aromatic N) is 2. The molecule has 4 N–H and O–H groups in total. The van der Waals surface area contributed by atoms with Crippen LogP contribution in [0.3, 0.4) is 0 Å². The molecule has 7 nitrogen and oxygen atoms in total. The van der Waals surface area contributed by atoms with Gasteiger partial charge in [-0.2, -0.15) is 0 Å². The molecule has 1 amide bonds. The highest BCUT2D eigenvalue weighted by atomic mass is 35.5. The first-order valence-corrected chi connectivity index (χ1v) is 10.8. The van der Waals surface area contributed by atoms with Crippen molar-refractivity contribution in [3.63, 3.8) is 0 Å². The molecule has 1 aliphatic carbocycles. The summed E-state index contributed by atoms with van der Waals surface area (Å²) in [6, 6.07) is 11.9. The molecule has 3 aromatic rings. The van der Waals surface area contributed by atoms with Crippen molar-refractivity contribution in [2.75, 3.05) is 11.9 Å². The Balaban J connectivity index is 1.50. The van der Waals surface area contributed by atoms with Crippen LogP contribution in [0.5, 0.6) is 0 Å². The van der Waals surface area contributed by atoms with E-state index in [4.69, 9.17) is 11.6 Å². The predicted molar refractivity (Wildman–Crippen MR) is 120 cm³/mol. The molecule has 0 spiro atoms. The molecule has 162 valence electrons. The maximum atomic E-state index is 12.8. The lowest BCUT2D eigenvalue weighted by Crippen LogP contribution is -2.31. The van der Waals surface area contributed by atoms with E-state index in [0.29, 0.717) is 27.6 Å². The molecule has 0 bridgehead atoms. The van der Waals surface area contributed by atoms with Gasteiger partial charge < -0.3 is 20.8 Å². The maximum absolute atomic E-state index is 12.8. The summed E-state index contributed by atoms with van der Waals surface area (Å²) in [5, 5.41) is 26.9. The first kappa shape index (κ1) is 21.5. The molecular formula is C23H25ClN4O3. The van der Waals surface area contributed by atoms with E-state index < -0.39 is 6.04 Å². The molecule has 8 heteroatoms. The lowest BCUT2D eigenvalue weighted by Gasteiger charge is -2.26. The third-order valence-electron chi connectivity index (χ3n) is 5.64. The summed E-state index contributed by atoms with van der Waals surface area (Å²) >= 11 is 6.21. The van der Waals surface area contributed by atoms with Crippen LogP contribution >= 0.6 is 11.6 Å². The van der Waals surface area contributed by atoms with Crippen molar-refractivity contribution in [2.45, 2.75) is 43.9 Å². The van der Waals surface area contributed by atoms with Crippen LogP contribution in [0, 0.1) is 0 Å². The van der Waals surface area contributed by atoms with Crippen molar-refractivity contribution in [1.82, 2.24) is 15.3 Å². The van der Waals surface area contributed by atoms with Crippen LogP contribution in [0.2, 0.25) is 5.02 Å². The summed E-state index contributed by atoms with van der Waals surface area (Å²) in [6.07, 6.45) is 4.79. The third kappa shape index (κ3) is 5.12. The minimum atomic E-state index is -0.610. The molecule has 0 aliphatic heterocycles. The van der Waals surface area contributed by atoms with Gasteiger partial charge in [-0.15, -0.1) is 0 Å². The molecule has 1 aromatic heterocycles. The second kappa shape index (κ2) is 9.60. The fourth-order valence-corrected chi connectivity index (χ4v) is 4.13. The average molecular weight is 441 g/mol. The SMILES string of the molecule is O=C(NC(CO)c1ccccc1Cl)c1ccc2cnc(N[C@H]3CC[C@H](O)CC3)nc2c1. The minimum Gasteiger partial charge on any atom is -0.394 e. The third-order valence-corrected chi connectivity index (χ3v) is 5.99. The van der Waals surface area contributed by atoms with Crippen molar-refractivity contribution >= 4 is 34.4 Å². The van der Waals surface area contributed by atoms with Crippen LogP contribution < -0.4 is 10.6 Å². The normalized spacial score (nSPS) is 19.7. The highest BCUT2D eigenvalue weighted by Crippen LogP contribution is 2.24. The summed E-state index contributed by atoms with van der Waals surface area (Å²) in [5.74, 6) is 0.186. The van der Waals surface area contributed by atoms with Gasteiger partial charge in [0.05, 0.1) is 24.3 Å². The van der Waals surface area contributed by atoms with E-state index in [1.807, 2.05) is 6.07 Å². The number of fused-ring (bicyclic) bond motifs is 1. The number of hydrogen-bond acceptors (Lipinski definition) is 6. The van der Waals surface area contributed by atoms with E-state index in [-0.39, 0.29) is 24.7 Å². The van der Waals surface area contributed by atoms with Crippen molar-refractivity contribution in [3.8, 4) is 0 Å². The quantitative estimate of drug-likeness (QED) is 0.467. The summed E-state index contributed by atoms with van der Waals surface area (Å²) in [6.45, 7) is -0.268. The fourth-order valence-electron chi connectivity index (χ4n) is 3.86. The molecule has 0 saturated heterocycles. The Morgan fingerprint density at radius 1 is 1.16 bits per heavy atom. The standard InChI is InChI=1S/C23H25ClN4O3/c24-19-4-2-1-3-18(19)21(13-29)27-22(31)14-5-6-15-12-25-23(28-20(15)11-14)26-16-7-9-17(30)10-8-16/h1-6,11-12,16-17,21,29-30H,7-10,13H2,(H,27,31)(H,25,26,28)/t16-,17-,21?. The van der Waals surface area contributed by atoms with E-state index in [0.717, 1.165) is 31.1 Å². The molecule has 0 radical (unpaired) electrons. The number of aliphatic hydroxyl groups is 2. The number of carbonyl (C=O) groups excluding carboxylic acids is 1. The van der Waals surface area contributed by atoms with Crippen LogP contribution in [0.1, 0.15) is 47.6 Å². The smallest absolute Gasteiger partial charge is 0.251 e. The number of nitrogens with one attached hydrogen (secondary N) is 2. The number of rotatable bonds is 6. The van der Waals surface area contributed by atoms with Gasteiger partial charge in [-0.05, 0) is 49.4 Å². The van der Waals surface area contributed by atoms with E-state index >= 15 is 0 Å². The number of anilines is 1. The summed E-state index contributed by atoms with van der Waals surface area (Å²) in [5.41, 5.74) is 1.75. The molecule has 1 aliphatic rings. The van der Waals surface area contributed by atoms with Crippen LogP contribution in [0.4, 0.5) is 5.95 Å². The Bertz CT molecular complexity index is 1070. The molecule has 4 rings (SSSR count). The number of hydrogen-bond donors (Lipinski definition) is 4. The average Bonchev–Trinajstić information content (AvgIpc) is 2.79. The molecule has 2 aromatic carbocycles. The minimum absolute atomic E-state index is 0.217. The van der Waals surface area contributed by atoms with E-state index in [1.165, 1.54) is 0 Å². The lowest BCUT2D eigenvalue weighted by molar-refractivity contribution is 0.0916. The Morgan fingerprint density at radius 3 is 2.68 bits per heavy atom. The molecule has 1 atom stereocenters. The Hall–Kier alpha value is -2.74. The van der Waals surface area contributed by atoms with E-state index in [1.54, 1.807) is 42.6 Å². The van der Waals surface area contributed by atoms with Gasteiger partial charge in [0.25, 0.3) is 5.91 Å². The number of carbonyl (C=O) groups is 1. The van der Waals surface area contributed by atoms with Gasteiger partial charge in [0.15, 0.2) is 0 Å². The fraction of sp³-hybridized carbons (Fsp3) is 0.348. The van der Waals surface area contributed by atoms with Crippen molar-refractivity contribution in [2.24, 2.45) is 0 Å². The number of amides is 1. The number of aromatic nitrogens is 2. The first-order chi connectivity index (χ1) is 15.0. The highest BCUT2D eigenvalue weighted by Gasteiger charge is 2.20. The number of benzene rings is 2. The second-order valence-corrected chi connectivity index (χ2v) is 8.25. The predicted octanol–water partition coefficient (Wildman–Crippen LogP) is 3.46. The second-order valence-electron chi connectivity index (χ2n) is 7.85. The molecule has 1 heterocycles.